The maximum absolute atomic E-state index is 5.74. The SMILES string of the molecule is Nc1ccccc1-c1ncsn1. The summed E-state index contributed by atoms with van der Waals surface area (Å²) in [6.07, 6.45) is 0. The van der Waals surface area contributed by atoms with Gasteiger partial charge in [-0.25, -0.2) is 4.98 Å². The third-order valence-corrected chi connectivity index (χ3v) is 2.04. The third-order valence-electron chi connectivity index (χ3n) is 1.56. The Morgan fingerprint density at radius 3 is 2.75 bits per heavy atom. The van der Waals surface area contributed by atoms with Crippen molar-refractivity contribution in [1.82, 2.24) is 9.36 Å². The molecular weight excluding hydrogens is 170 g/mol. The van der Waals surface area contributed by atoms with E-state index in [1.807, 2.05) is 24.3 Å². The van der Waals surface area contributed by atoms with Crippen molar-refractivity contribution in [1.29, 1.82) is 0 Å². The summed E-state index contributed by atoms with van der Waals surface area (Å²) < 4.78 is 4.10. The van der Waals surface area contributed by atoms with Gasteiger partial charge in [0.2, 0.25) is 0 Å². The van der Waals surface area contributed by atoms with E-state index in [-0.39, 0.29) is 0 Å². The smallest absolute Gasteiger partial charge is 0.174 e. The number of hydrogen-bond acceptors (Lipinski definition) is 4. The van der Waals surface area contributed by atoms with E-state index < -0.39 is 0 Å². The van der Waals surface area contributed by atoms with Crippen LogP contribution in [-0.4, -0.2) is 9.36 Å². The number of nitrogens with zero attached hydrogens (tertiary/aromatic N) is 2. The van der Waals surface area contributed by atoms with Gasteiger partial charge in [-0.2, -0.15) is 4.37 Å². The normalized spacial score (nSPS) is 10.0. The number of aromatic nitrogens is 2. The average Bonchev–Trinajstić information content (AvgIpc) is 2.57. The van der Waals surface area contributed by atoms with E-state index in [0.29, 0.717) is 5.82 Å². The molecule has 0 bridgehead atoms. The Bertz CT molecular complexity index is 370. The van der Waals surface area contributed by atoms with Crippen molar-refractivity contribution in [2.24, 2.45) is 0 Å². The summed E-state index contributed by atoms with van der Waals surface area (Å²) in [6, 6.07) is 7.58. The molecular formula is C8H7N3S. The number of nitrogens with two attached hydrogens (primary N) is 1. The fourth-order valence-electron chi connectivity index (χ4n) is 0.990. The molecule has 1 aromatic carbocycles. The van der Waals surface area contributed by atoms with Gasteiger partial charge < -0.3 is 5.73 Å². The third kappa shape index (κ3) is 1.16. The molecule has 2 aromatic rings. The van der Waals surface area contributed by atoms with Crippen LogP contribution in [0, 0.1) is 0 Å². The molecule has 0 aliphatic carbocycles. The van der Waals surface area contributed by atoms with E-state index >= 15 is 0 Å². The van der Waals surface area contributed by atoms with E-state index in [0.717, 1.165) is 11.3 Å². The summed E-state index contributed by atoms with van der Waals surface area (Å²) in [5.41, 5.74) is 9.05. The quantitative estimate of drug-likeness (QED) is 0.675. The van der Waals surface area contributed by atoms with Gasteiger partial charge in [0, 0.05) is 11.3 Å². The maximum Gasteiger partial charge on any atom is 0.174 e. The fraction of sp³-hybridized carbons (Fsp3) is 0. The van der Waals surface area contributed by atoms with Crippen molar-refractivity contribution in [2.75, 3.05) is 5.73 Å². The van der Waals surface area contributed by atoms with E-state index in [9.17, 15) is 0 Å². The zero-order valence-electron chi connectivity index (χ0n) is 6.27. The number of nitrogen functional groups attached to an aromatic ring is 1. The zero-order chi connectivity index (χ0) is 8.39. The molecule has 0 spiro atoms. The monoisotopic (exact) mass is 177 g/mol. The van der Waals surface area contributed by atoms with Crippen molar-refractivity contribution < 1.29 is 0 Å². The van der Waals surface area contributed by atoms with Crippen LogP contribution in [0.25, 0.3) is 11.4 Å². The molecule has 0 aliphatic heterocycles. The van der Waals surface area contributed by atoms with Crippen LogP contribution < -0.4 is 5.73 Å². The van der Waals surface area contributed by atoms with Crippen LogP contribution in [0.3, 0.4) is 0 Å². The molecule has 3 nitrogen and oxygen atoms in total. The predicted octanol–water partition coefficient (Wildman–Crippen LogP) is 1.79. The Morgan fingerprint density at radius 2 is 2.08 bits per heavy atom. The van der Waals surface area contributed by atoms with Gasteiger partial charge in [0.05, 0.1) is 0 Å². The number of benzene rings is 1. The zero-order valence-corrected chi connectivity index (χ0v) is 7.08. The molecule has 0 saturated carbocycles. The Labute approximate surface area is 74.0 Å². The highest BCUT2D eigenvalue weighted by Crippen LogP contribution is 2.21. The van der Waals surface area contributed by atoms with Crippen LogP contribution in [0.4, 0.5) is 5.69 Å². The first-order chi connectivity index (χ1) is 5.88. The lowest BCUT2D eigenvalue weighted by Gasteiger charge is -1.98. The van der Waals surface area contributed by atoms with Crippen molar-refractivity contribution in [3.8, 4) is 11.4 Å². The van der Waals surface area contributed by atoms with Crippen LogP contribution in [0.15, 0.2) is 29.8 Å². The van der Waals surface area contributed by atoms with Gasteiger partial charge >= 0.3 is 0 Å². The summed E-state index contributed by atoms with van der Waals surface area (Å²) in [5, 5.41) is 0. The summed E-state index contributed by atoms with van der Waals surface area (Å²) in [6.45, 7) is 0. The van der Waals surface area contributed by atoms with Crippen LogP contribution in [0.2, 0.25) is 0 Å². The van der Waals surface area contributed by atoms with Crippen LogP contribution in [-0.2, 0) is 0 Å². The average molecular weight is 177 g/mol. The fourth-order valence-corrected chi connectivity index (χ4v) is 1.43. The van der Waals surface area contributed by atoms with E-state index in [4.69, 9.17) is 5.73 Å². The highest BCUT2D eigenvalue weighted by molar-refractivity contribution is 7.03. The van der Waals surface area contributed by atoms with Gasteiger partial charge in [0.25, 0.3) is 0 Å². The van der Waals surface area contributed by atoms with E-state index in [1.54, 1.807) is 5.51 Å². The largest absolute Gasteiger partial charge is 0.398 e. The van der Waals surface area contributed by atoms with Gasteiger partial charge in [-0.1, -0.05) is 12.1 Å². The summed E-state index contributed by atoms with van der Waals surface area (Å²) >= 11 is 1.33. The van der Waals surface area contributed by atoms with Crippen molar-refractivity contribution in [2.45, 2.75) is 0 Å². The van der Waals surface area contributed by atoms with E-state index in [1.165, 1.54) is 11.5 Å². The second kappa shape index (κ2) is 2.91. The molecule has 2 N–H and O–H groups in total. The number of para-hydroxylation sites is 1. The first-order valence-electron chi connectivity index (χ1n) is 3.49. The molecule has 0 saturated heterocycles. The second-order valence-corrected chi connectivity index (χ2v) is 2.95. The lowest BCUT2D eigenvalue weighted by molar-refractivity contribution is 1.33. The minimum Gasteiger partial charge on any atom is -0.398 e. The standard InChI is InChI=1S/C8H7N3S/c9-7-4-2-1-3-6(7)8-10-5-12-11-8/h1-5H,9H2. The van der Waals surface area contributed by atoms with Crippen molar-refractivity contribution in [3.05, 3.63) is 29.8 Å². The summed E-state index contributed by atoms with van der Waals surface area (Å²) in [7, 11) is 0. The Balaban J connectivity index is 2.55. The minimum atomic E-state index is 0.707. The molecule has 1 heterocycles. The predicted molar refractivity (Wildman–Crippen MR) is 49.8 cm³/mol. The molecule has 4 heteroatoms. The number of anilines is 1. The van der Waals surface area contributed by atoms with Crippen LogP contribution in [0.1, 0.15) is 0 Å². The van der Waals surface area contributed by atoms with Gasteiger partial charge in [0.1, 0.15) is 5.51 Å². The van der Waals surface area contributed by atoms with Crippen molar-refractivity contribution >= 4 is 17.2 Å². The molecule has 1 aromatic heterocycles. The highest BCUT2D eigenvalue weighted by atomic mass is 32.1. The summed E-state index contributed by atoms with van der Waals surface area (Å²) in [4.78, 5) is 4.07. The summed E-state index contributed by atoms with van der Waals surface area (Å²) in [5.74, 6) is 0.707. The molecule has 2 rings (SSSR count). The molecule has 0 atom stereocenters. The highest BCUT2D eigenvalue weighted by Gasteiger charge is 2.03. The van der Waals surface area contributed by atoms with Gasteiger partial charge in [0.15, 0.2) is 5.82 Å². The number of hydrogen-bond donors (Lipinski definition) is 1. The van der Waals surface area contributed by atoms with Crippen molar-refractivity contribution in [3.63, 3.8) is 0 Å². The lowest BCUT2D eigenvalue weighted by atomic mass is 10.2. The first kappa shape index (κ1) is 7.24. The Morgan fingerprint density at radius 1 is 1.25 bits per heavy atom. The Kier molecular flexibility index (Phi) is 1.75. The molecule has 0 unspecified atom stereocenters. The first-order valence-corrected chi connectivity index (χ1v) is 4.33. The Hall–Kier alpha value is -1.42. The molecule has 0 aliphatic rings. The lowest BCUT2D eigenvalue weighted by Crippen LogP contribution is -1.89. The molecule has 12 heavy (non-hydrogen) atoms. The minimum absolute atomic E-state index is 0.707. The van der Waals surface area contributed by atoms with Crippen LogP contribution in [0.5, 0.6) is 0 Å². The molecule has 60 valence electrons. The van der Waals surface area contributed by atoms with Gasteiger partial charge in [-0.15, -0.1) is 0 Å². The maximum atomic E-state index is 5.74. The molecule has 0 fully saturated rings. The molecule has 0 amide bonds. The van der Waals surface area contributed by atoms with Crippen LogP contribution >= 0.6 is 11.5 Å². The van der Waals surface area contributed by atoms with Gasteiger partial charge in [-0.05, 0) is 23.7 Å². The second-order valence-electron chi connectivity index (χ2n) is 2.34. The molecule has 0 radical (unpaired) electrons. The topological polar surface area (TPSA) is 51.8 Å². The number of rotatable bonds is 1. The van der Waals surface area contributed by atoms with E-state index in [2.05, 4.69) is 9.36 Å². The van der Waals surface area contributed by atoms with Gasteiger partial charge in [-0.3, -0.25) is 0 Å².